The highest BCUT2D eigenvalue weighted by molar-refractivity contribution is 8.16. The summed E-state index contributed by atoms with van der Waals surface area (Å²) in [5, 5.41) is 2.61. The zero-order chi connectivity index (χ0) is 30.5. The number of hydrogen-bond donors (Lipinski definition) is 0. The number of aliphatic imine (C=N–C) groups is 1. The van der Waals surface area contributed by atoms with Crippen LogP contribution >= 0.6 is 11.8 Å². The van der Waals surface area contributed by atoms with E-state index in [0.717, 1.165) is 17.7 Å². The van der Waals surface area contributed by atoms with Crippen molar-refractivity contribution in [3.05, 3.63) is 82.5 Å². The number of rotatable bonds is 9. The molecule has 3 heterocycles. The van der Waals surface area contributed by atoms with Gasteiger partial charge in [-0.3, -0.25) is 9.59 Å². The third-order valence-electron chi connectivity index (χ3n) is 7.44. The minimum absolute atomic E-state index is 0.0837. The average molecular weight is 604 g/mol. The summed E-state index contributed by atoms with van der Waals surface area (Å²) in [6.07, 6.45) is 1.23. The summed E-state index contributed by atoms with van der Waals surface area (Å²) in [5.41, 5.74) is 2.51. The maximum atomic E-state index is 13.6. The Balaban J connectivity index is 1.45. The van der Waals surface area contributed by atoms with E-state index in [9.17, 15) is 14.4 Å². The largest absolute Gasteiger partial charge is 0.466 e. The summed E-state index contributed by atoms with van der Waals surface area (Å²) in [6.45, 7) is 8.46. The summed E-state index contributed by atoms with van der Waals surface area (Å²) in [6, 6.07) is 16.5. The molecule has 226 valence electrons. The molecule has 9 nitrogen and oxygen atoms in total. The molecule has 2 atom stereocenters. The number of piperidine rings is 1. The Bertz CT molecular complexity index is 1470. The molecule has 5 rings (SSSR count). The van der Waals surface area contributed by atoms with Gasteiger partial charge in [-0.25, -0.2) is 9.79 Å². The van der Waals surface area contributed by atoms with E-state index in [1.54, 1.807) is 11.8 Å². The Kier molecular flexibility index (Phi) is 9.55. The van der Waals surface area contributed by atoms with E-state index in [0.29, 0.717) is 54.1 Å². The third kappa shape index (κ3) is 6.96. The van der Waals surface area contributed by atoms with Gasteiger partial charge in [0.2, 0.25) is 5.91 Å². The number of ether oxygens (including phenoxy) is 3. The fraction of sp³-hybridized carbons (Fsp3) is 0.394. The Labute approximate surface area is 256 Å². The fourth-order valence-electron chi connectivity index (χ4n) is 5.52. The highest BCUT2D eigenvalue weighted by Crippen LogP contribution is 2.45. The quantitative estimate of drug-likeness (QED) is 0.313. The van der Waals surface area contributed by atoms with Gasteiger partial charge in [0.1, 0.15) is 11.5 Å². The summed E-state index contributed by atoms with van der Waals surface area (Å²) in [7, 11) is 0. The first-order valence-electron chi connectivity index (χ1n) is 14.7. The predicted octanol–water partition coefficient (Wildman–Crippen LogP) is 6.20. The molecule has 0 bridgehead atoms. The van der Waals surface area contributed by atoms with Gasteiger partial charge in [-0.2, -0.15) is 0 Å². The number of fused-ring (bicyclic) bond motifs is 1. The smallest absolute Gasteiger partial charge is 0.338 e. The maximum Gasteiger partial charge on any atom is 0.338 e. The summed E-state index contributed by atoms with van der Waals surface area (Å²) >= 11 is 1.42. The SMILES string of the molecule is CCOC(=O)[C@@H]1CCCN(C(=O)CC2=CSC3=NC(C)=C(C(=O)OC(C)C)[C@@H](c4cccc(Oc5ccccc5)c4)N23)C1. The minimum Gasteiger partial charge on any atom is -0.466 e. The highest BCUT2D eigenvalue weighted by Gasteiger charge is 2.42. The van der Waals surface area contributed by atoms with Crippen molar-refractivity contribution in [2.75, 3.05) is 19.7 Å². The van der Waals surface area contributed by atoms with Crippen LogP contribution in [0.1, 0.15) is 58.6 Å². The molecule has 0 unspecified atom stereocenters. The molecule has 1 fully saturated rings. The van der Waals surface area contributed by atoms with E-state index in [2.05, 4.69) is 0 Å². The first kappa shape index (κ1) is 30.4. The van der Waals surface area contributed by atoms with Crippen LogP contribution in [-0.2, 0) is 23.9 Å². The van der Waals surface area contributed by atoms with Crippen molar-refractivity contribution in [2.45, 2.75) is 59.1 Å². The zero-order valence-electron chi connectivity index (χ0n) is 24.9. The Hall–Kier alpha value is -4.05. The van der Waals surface area contributed by atoms with Crippen LogP contribution in [0, 0.1) is 5.92 Å². The van der Waals surface area contributed by atoms with Crippen LogP contribution in [0.5, 0.6) is 11.5 Å². The zero-order valence-corrected chi connectivity index (χ0v) is 25.8. The first-order valence-corrected chi connectivity index (χ1v) is 15.6. The van der Waals surface area contributed by atoms with Crippen LogP contribution in [0.15, 0.2) is 82.0 Å². The van der Waals surface area contributed by atoms with Crippen LogP contribution in [0.4, 0.5) is 0 Å². The van der Waals surface area contributed by atoms with Gasteiger partial charge in [0.15, 0.2) is 5.17 Å². The predicted molar refractivity (Wildman–Crippen MR) is 165 cm³/mol. The number of esters is 2. The van der Waals surface area contributed by atoms with Crippen molar-refractivity contribution in [1.82, 2.24) is 9.80 Å². The van der Waals surface area contributed by atoms with Crippen LogP contribution in [0.25, 0.3) is 0 Å². The summed E-state index contributed by atoms with van der Waals surface area (Å²) in [5.74, 6) is 0.202. The van der Waals surface area contributed by atoms with Crippen LogP contribution in [0.3, 0.4) is 0 Å². The number of nitrogens with zero attached hydrogens (tertiary/aromatic N) is 3. The van der Waals surface area contributed by atoms with E-state index >= 15 is 0 Å². The number of likely N-dealkylation sites (tertiary alicyclic amines) is 1. The van der Waals surface area contributed by atoms with Gasteiger partial charge in [-0.1, -0.05) is 42.1 Å². The van der Waals surface area contributed by atoms with E-state index in [4.69, 9.17) is 19.2 Å². The summed E-state index contributed by atoms with van der Waals surface area (Å²) in [4.78, 5) is 48.0. The lowest BCUT2D eigenvalue weighted by Crippen LogP contribution is -2.44. The Morgan fingerprint density at radius 1 is 1.07 bits per heavy atom. The molecule has 3 aliphatic heterocycles. The topological polar surface area (TPSA) is 97.7 Å². The lowest BCUT2D eigenvalue weighted by molar-refractivity contribution is -0.151. The van der Waals surface area contributed by atoms with Gasteiger partial charge in [0, 0.05) is 18.8 Å². The van der Waals surface area contributed by atoms with Crippen molar-refractivity contribution in [2.24, 2.45) is 10.9 Å². The lowest BCUT2D eigenvalue weighted by Gasteiger charge is -2.37. The van der Waals surface area contributed by atoms with Crippen LogP contribution in [-0.4, -0.2) is 58.6 Å². The van der Waals surface area contributed by atoms with Crippen molar-refractivity contribution < 1.29 is 28.6 Å². The number of hydrogen-bond acceptors (Lipinski definition) is 9. The number of amidine groups is 1. The first-order chi connectivity index (χ1) is 20.7. The number of carbonyl (C=O) groups excluding carboxylic acids is 3. The van der Waals surface area contributed by atoms with E-state index in [-0.39, 0.29) is 30.3 Å². The van der Waals surface area contributed by atoms with Crippen molar-refractivity contribution in [1.29, 1.82) is 0 Å². The van der Waals surface area contributed by atoms with Gasteiger partial charge >= 0.3 is 11.9 Å². The number of carbonyl (C=O) groups is 3. The van der Waals surface area contributed by atoms with E-state index < -0.39 is 12.0 Å². The highest BCUT2D eigenvalue weighted by atomic mass is 32.2. The normalized spacial score (nSPS) is 19.9. The van der Waals surface area contributed by atoms with Gasteiger partial charge in [-0.05, 0) is 75.8 Å². The molecule has 3 aliphatic rings. The summed E-state index contributed by atoms with van der Waals surface area (Å²) < 4.78 is 17.0. The molecule has 0 aromatic heterocycles. The molecule has 0 spiro atoms. The molecule has 0 aliphatic carbocycles. The monoisotopic (exact) mass is 603 g/mol. The maximum absolute atomic E-state index is 13.6. The molecule has 1 amide bonds. The van der Waals surface area contributed by atoms with Crippen molar-refractivity contribution in [3.63, 3.8) is 0 Å². The van der Waals surface area contributed by atoms with Gasteiger partial charge in [-0.15, -0.1) is 0 Å². The molecule has 0 radical (unpaired) electrons. The molecule has 2 aromatic carbocycles. The second-order valence-corrected chi connectivity index (χ2v) is 11.8. The Morgan fingerprint density at radius 3 is 2.58 bits per heavy atom. The van der Waals surface area contributed by atoms with Gasteiger partial charge in [0.05, 0.1) is 42.4 Å². The fourth-order valence-corrected chi connectivity index (χ4v) is 6.48. The van der Waals surface area contributed by atoms with Gasteiger partial charge < -0.3 is 24.0 Å². The number of allylic oxidation sites excluding steroid dienone is 1. The van der Waals surface area contributed by atoms with Crippen molar-refractivity contribution >= 4 is 34.8 Å². The molecule has 43 heavy (non-hydrogen) atoms. The van der Waals surface area contributed by atoms with E-state index in [1.165, 1.54) is 11.8 Å². The van der Waals surface area contributed by atoms with E-state index in [1.807, 2.05) is 85.7 Å². The Morgan fingerprint density at radius 2 is 1.84 bits per heavy atom. The number of thioether (sulfide) groups is 1. The molecule has 0 saturated carbocycles. The molecule has 1 saturated heterocycles. The number of amides is 1. The second kappa shape index (κ2) is 13.5. The number of para-hydroxylation sites is 1. The molecular formula is C33H37N3O6S. The molecule has 2 aromatic rings. The van der Waals surface area contributed by atoms with Crippen molar-refractivity contribution in [3.8, 4) is 11.5 Å². The lowest BCUT2D eigenvalue weighted by atomic mass is 9.93. The molecule has 0 N–H and O–H groups in total. The minimum atomic E-state index is -0.583. The third-order valence-corrected chi connectivity index (χ3v) is 8.33. The number of benzene rings is 2. The molecule has 10 heteroatoms. The van der Waals surface area contributed by atoms with Gasteiger partial charge in [0.25, 0.3) is 0 Å². The standard InChI is InChI=1S/C33H37N3O6S/c1-5-40-31(38)24-12-10-16-35(19-24)28(37)18-25-20-43-33-34-22(4)29(32(39)41-21(2)3)30(36(25)33)23-11-9-15-27(17-23)42-26-13-7-6-8-14-26/h6-9,11,13-15,17,20-21,24,30H,5,10,12,16,18-19H2,1-4H3/t24-,30-/m1/s1. The van der Waals surface area contributed by atoms with Crippen LogP contribution < -0.4 is 4.74 Å². The average Bonchev–Trinajstić information content (AvgIpc) is 3.38. The second-order valence-electron chi connectivity index (χ2n) is 10.9. The molecular weight excluding hydrogens is 566 g/mol. The van der Waals surface area contributed by atoms with Crippen LogP contribution in [0.2, 0.25) is 0 Å².